The van der Waals surface area contributed by atoms with E-state index in [-0.39, 0.29) is 23.6 Å². The van der Waals surface area contributed by atoms with Gasteiger partial charge in [-0.1, -0.05) is 42.5 Å². The number of hydrogen-bond acceptors (Lipinski definition) is 7. The van der Waals surface area contributed by atoms with Gasteiger partial charge >= 0.3 is 5.97 Å². The molecule has 2 heterocycles. The van der Waals surface area contributed by atoms with Crippen molar-refractivity contribution in [1.29, 1.82) is 0 Å². The number of carboxylic acid groups (broad SMARTS) is 1. The molecule has 0 fully saturated rings. The van der Waals surface area contributed by atoms with Crippen LogP contribution < -0.4 is 15.0 Å². The van der Waals surface area contributed by atoms with Crippen LogP contribution in [-0.2, 0) is 6.61 Å². The van der Waals surface area contributed by atoms with E-state index in [1.807, 2.05) is 43.3 Å². The molecule has 0 aliphatic heterocycles. The van der Waals surface area contributed by atoms with E-state index >= 15 is 0 Å². The maximum Gasteiger partial charge on any atom is 0.335 e. The molecule has 4 aromatic carbocycles. The third-order valence-electron chi connectivity index (χ3n) is 6.58. The van der Waals surface area contributed by atoms with E-state index in [0.29, 0.717) is 45.9 Å². The summed E-state index contributed by atoms with van der Waals surface area (Å²) in [5.74, 6) is 0.745. The second-order valence-electron chi connectivity index (χ2n) is 9.39. The quantitative estimate of drug-likeness (QED) is 0.205. The molecule has 0 bridgehead atoms. The fraction of sp³-hybridized carbons (Fsp3) is 0.0909. The van der Waals surface area contributed by atoms with Gasteiger partial charge in [0.15, 0.2) is 17.3 Å². The van der Waals surface area contributed by atoms with Gasteiger partial charge in [0.25, 0.3) is 5.56 Å². The van der Waals surface area contributed by atoms with Crippen LogP contribution in [0.4, 0.5) is 0 Å². The van der Waals surface area contributed by atoms with Gasteiger partial charge in [-0.15, -0.1) is 0 Å². The zero-order valence-electron chi connectivity index (χ0n) is 22.6. The number of aromatic nitrogens is 2. The first-order valence-electron chi connectivity index (χ1n) is 13.3. The van der Waals surface area contributed by atoms with E-state index in [0.717, 1.165) is 10.9 Å². The summed E-state index contributed by atoms with van der Waals surface area (Å²) in [6.07, 6.45) is 1.56. The van der Waals surface area contributed by atoms with Gasteiger partial charge in [-0.25, -0.2) is 9.78 Å². The van der Waals surface area contributed by atoms with Crippen LogP contribution in [0.1, 0.15) is 28.4 Å². The van der Waals surface area contributed by atoms with E-state index in [1.165, 1.54) is 16.8 Å². The first-order valence-corrected chi connectivity index (χ1v) is 13.3. The summed E-state index contributed by atoms with van der Waals surface area (Å²) in [6.45, 7) is 2.51. The lowest BCUT2D eigenvalue weighted by Gasteiger charge is -2.13. The molecular formula is C33H25N3O6. The summed E-state index contributed by atoms with van der Waals surface area (Å²) in [4.78, 5) is 29.4. The van der Waals surface area contributed by atoms with Crippen LogP contribution in [-0.4, -0.2) is 33.6 Å². The Labute approximate surface area is 239 Å². The van der Waals surface area contributed by atoms with Crippen molar-refractivity contribution in [3.05, 3.63) is 124 Å². The van der Waals surface area contributed by atoms with Crippen molar-refractivity contribution in [2.75, 3.05) is 6.61 Å². The molecule has 0 radical (unpaired) electrons. The second kappa shape index (κ2) is 11.4. The summed E-state index contributed by atoms with van der Waals surface area (Å²) in [5.41, 5.74) is 2.59. The first-order chi connectivity index (χ1) is 20.5. The summed E-state index contributed by atoms with van der Waals surface area (Å²) >= 11 is 0. The molecule has 0 amide bonds. The molecule has 42 heavy (non-hydrogen) atoms. The average molecular weight is 560 g/mol. The van der Waals surface area contributed by atoms with Crippen LogP contribution in [0.15, 0.2) is 111 Å². The highest BCUT2D eigenvalue weighted by molar-refractivity contribution is 5.87. The lowest BCUT2D eigenvalue weighted by molar-refractivity contribution is 0.0697. The molecule has 0 unspecified atom stereocenters. The molecule has 0 atom stereocenters. The molecule has 9 nitrogen and oxygen atoms in total. The third kappa shape index (κ3) is 5.35. The molecule has 208 valence electrons. The minimum atomic E-state index is -0.982. The predicted molar refractivity (Wildman–Crippen MR) is 160 cm³/mol. The number of aromatic carboxylic acids is 1. The van der Waals surface area contributed by atoms with Crippen LogP contribution in [0.25, 0.3) is 33.5 Å². The van der Waals surface area contributed by atoms with E-state index in [1.54, 1.807) is 54.7 Å². The molecule has 2 aromatic heterocycles. The Hall–Kier alpha value is -5.70. The number of fused-ring (bicyclic) bond motifs is 2. The van der Waals surface area contributed by atoms with Gasteiger partial charge in [-0.3, -0.25) is 4.79 Å². The number of furan rings is 1. The van der Waals surface area contributed by atoms with E-state index in [4.69, 9.17) is 24.0 Å². The molecule has 6 aromatic rings. The van der Waals surface area contributed by atoms with Gasteiger partial charge in [-0.05, 0) is 72.6 Å². The van der Waals surface area contributed by atoms with Gasteiger partial charge in [0.05, 0.1) is 29.3 Å². The maximum absolute atomic E-state index is 13.6. The Kier molecular flexibility index (Phi) is 7.21. The lowest BCUT2D eigenvalue weighted by atomic mass is 10.1. The maximum atomic E-state index is 13.6. The van der Waals surface area contributed by atoms with Crippen LogP contribution >= 0.6 is 0 Å². The fourth-order valence-electron chi connectivity index (χ4n) is 4.50. The molecule has 0 aliphatic rings. The minimum absolute atomic E-state index is 0.210. The van der Waals surface area contributed by atoms with Gasteiger partial charge in [-0.2, -0.15) is 9.78 Å². The average Bonchev–Trinajstić information content (AvgIpc) is 3.45. The van der Waals surface area contributed by atoms with E-state index in [9.17, 15) is 9.59 Å². The van der Waals surface area contributed by atoms with Crippen LogP contribution in [0.5, 0.6) is 11.5 Å². The summed E-state index contributed by atoms with van der Waals surface area (Å²) in [7, 11) is 0. The highest BCUT2D eigenvalue weighted by Crippen LogP contribution is 2.30. The van der Waals surface area contributed by atoms with Crippen molar-refractivity contribution in [2.45, 2.75) is 13.5 Å². The molecule has 1 N–H and O–H groups in total. The minimum Gasteiger partial charge on any atom is -0.490 e. The van der Waals surface area contributed by atoms with Crippen molar-refractivity contribution in [3.8, 4) is 23.1 Å². The van der Waals surface area contributed by atoms with E-state index in [2.05, 4.69) is 5.10 Å². The first kappa shape index (κ1) is 26.5. The molecule has 0 spiro atoms. The molecule has 6 rings (SSSR count). The normalized spacial score (nSPS) is 11.4. The summed E-state index contributed by atoms with van der Waals surface area (Å²) < 4.78 is 19.1. The smallest absolute Gasteiger partial charge is 0.335 e. The Morgan fingerprint density at radius 3 is 2.52 bits per heavy atom. The third-order valence-corrected chi connectivity index (χ3v) is 6.58. The SMILES string of the molecule is CCOc1cc(C=Nn2c(-c3cc4ccccc4o3)nc3ccccc3c2=O)ccc1OCc1ccc(C(=O)O)cc1. The van der Waals surface area contributed by atoms with Crippen molar-refractivity contribution in [3.63, 3.8) is 0 Å². The zero-order valence-corrected chi connectivity index (χ0v) is 22.6. The second-order valence-corrected chi connectivity index (χ2v) is 9.39. The number of rotatable bonds is 9. The standard InChI is InChI=1S/C33H25N3O6/c1-2-40-29-17-22(13-16-28(29)41-20-21-11-14-23(15-12-21)33(38)39)19-34-36-31(30-18-24-7-3-6-10-27(24)42-30)35-26-9-5-4-8-25(26)32(36)37/h3-19H,2,20H2,1H3,(H,38,39). The van der Waals surface area contributed by atoms with Gasteiger partial charge < -0.3 is 19.0 Å². The molecule has 0 saturated heterocycles. The summed E-state index contributed by atoms with van der Waals surface area (Å²) in [6, 6.07) is 28.4. The number of benzene rings is 4. The van der Waals surface area contributed by atoms with Crippen LogP contribution in [0, 0.1) is 0 Å². The Bertz CT molecular complexity index is 1970. The Balaban J connectivity index is 1.33. The number of carboxylic acids is 1. The predicted octanol–water partition coefficient (Wildman–Crippen LogP) is 6.37. The number of hydrogen-bond donors (Lipinski definition) is 1. The molecule has 0 saturated carbocycles. The fourth-order valence-corrected chi connectivity index (χ4v) is 4.50. The Morgan fingerprint density at radius 2 is 1.74 bits per heavy atom. The van der Waals surface area contributed by atoms with E-state index < -0.39 is 5.97 Å². The number of nitrogens with zero attached hydrogens (tertiary/aromatic N) is 3. The molecular weight excluding hydrogens is 534 g/mol. The number of ether oxygens (including phenoxy) is 2. The topological polar surface area (TPSA) is 116 Å². The van der Waals surface area contributed by atoms with Gasteiger partial charge in [0.1, 0.15) is 12.2 Å². The van der Waals surface area contributed by atoms with Crippen molar-refractivity contribution < 1.29 is 23.8 Å². The van der Waals surface area contributed by atoms with Gasteiger partial charge in [0.2, 0.25) is 5.82 Å². The molecule has 0 aliphatic carbocycles. The van der Waals surface area contributed by atoms with Crippen LogP contribution in [0.3, 0.4) is 0 Å². The lowest BCUT2D eigenvalue weighted by Crippen LogP contribution is -2.20. The number of carbonyl (C=O) groups is 1. The molecule has 9 heteroatoms. The van der Waals surface area contributed by atoms with Crippen LogP contribution in [0.2, 0.25) is 0 Å². The van der Waals surface area contributed by atoms with Crippen molar-refractivity contribution in [1.82, 2.24) is 9.66 Å². The zero-order chi connectivity index (χ0) is 29.1. The van der Waals surface area contributed by atoms with Gasteiger partial charge in [0, 0.05) is 5.39 Å². The van der Waals surface area contributed by atoms with Crippen molar-refractivity contribution >= 4 is 34.1 Å². The largest absolute Gasteiger partial charge is 0.490 e. The Morgan fingerprint density at radius 1 is 0.952 bits per heavy atom. The van der Waals surface area contributed by atoms with Crippen molar-refractivity contribution in [2.24, 2.45) is 5.10 Å². The highest BCUT2D eigenvalue weighted by Gasteiger charge is 2.16. The summed E-state index contributed by atoms with van der Waals surface area (Å²) in [5, 5.41) is 15.0. The monoisotopic (exact) mass is 559 g/mol. The number of para-hydroxylation sites is 2. The highest BCUT2D eigenvalue weighted by atomic mass is 16.5.